The van der Waals surface area contributed by atoms with Crippen molar-refractivity contribution in [2.24, 2.45) is 0 Å². The first kappa shape index (κ1) is 14.7. The van der Waals surface area contributed by atoms with Crippen LogP contribution in [-0.2, 0) is 0 Å². The number of hydrogen-bond acceptors (Lipinski definition) is 6. The Balaban J connectivity index is 2.76. The van der Waals surface area contributed by atoms with E-state index in [0.717, 1.165) is 0 Å². The van der Waals surface area contributed by atoms with Crippen LogP contribution in [0.3, 0.4) is 0 Å². The fourth-order valence-electron chi connectivity index (χ4n) is 1.39. The molecule has 1 rings (SSSR count). The van der Waals surface area contributed by atoms with E-state index in [-0.39, 0.29) is 18.2 Å². The third-order valence-electron chi connectivity index (χ3n) is 2.16. The maximum Gasteiger partial charge on any atom is 0.354 e. The van der Waals surface area contributed by atoms with Crippen molar-refractivity contribution < 1.29 is 15.0 Å². The third kappa shape index (κ3) is 4.50. The highest BCUT2D eigenvalue weighted by Gasteiger charge is 2.20. The Morgan fingerprint density at radius 1 is 1.56 bits per heavy atom. The Morgan fingerprint density at radius 3 is 2.78 bits per heavy atom. The first-order valence-electron chi connectivity index (χ1n) is 5.38. The lowest BCUT2D eigenvalue weighted by Crippen LogP contribution is -2.36. The van der Waals surface area contributed by atoms with Gasteiger partial charge >= 0.3 is 5.97 Å². The van der Waals surface area contributed by atoms with Gasteiger partial charge in [0.05, 0.1) is 5.60 Å². The molecule has 100 valence electrons. The molecule has 0 aliphatic carbocycles. The summed E-state index contributed by atoms with van der Waals surface area (Å²) in [7, 11) is 0. The number of hydrogen-bond donors (Lipinski definition) is 3. The van der Waals surface area contributed by atoms with E-state index in [4.69, 9.17) is 5.11 Å². The molecule has 0 aliphatic rings. The van der Waals surface area contributed by atoms with E-state index >= 15 is 0 Å². The summed E-state index contributed by atoms with van der Waals surface area (Å²) in [5.74, 6) is -0.314. The lowest BCUT2D eigenvalue weighted by molar-refractivity contribution is 0.0690. The number of aromatic carboxylic acids is 1. The van der Waals surface area contributed by atoms with E-state index in [0.29, 0.717) is 11.4 Å². The molecule has 0 spiro atoms. The van der Waals surface area contributed by atoms with Gasteiger partial charge in [-0.15, -0.1) is 0 Å². The molecule has 3 N–H and O–H groups in total. The van der Waals surface area contributed by atoms with Crippen molar-refractivity contribution >= 4 is 23.7 Å². The van der Waals surface area contributed by atoms with Gasteiger partial charge in [0.1, 0.15) is 0 Å². The van der Waals surface area contributed by atoms with Crippen LogP contribution in [0.1, 0.15) is 23.1 Å². The molecule has 1 heterocycles. The monoisotopic (exact) mass is 271 g/mol. The van der Waals surface area contributed by atoms with E-state index in [1.165, 1.54) is 17.8 Å². The van der Waals surface area contributed by atoms with Gasteiger partial charge in [-0.1, -0.05) is 0 Å². The van der Waals surface area contributed by atoms with Crippen molar-refractivity contribution in [2.45, 2.75) is 19.4 Å². The Morgan fingerprint density at radius 2 is 2.22 bits per heavy atom. The molecule has 0 bridgehead atoms. The SMILES string of the molecule is CSCC(C)(O)CNc1nc(C)cc(C(=O)O)n1. The second kappa shape index (κ2) is 6.01. The highest BCUT2D eigenvalue weighted by Crippen LogP contribution is 2.12. The van der Waals surface area contributed by atoms with Crippen LogP contribution in [0.25, 0.3) is 0 Å². The van der Waals surface area contributed by atoms with Crippen LogP contribution in [0.15, 0.2) is 6.07 Å². The van der Waals surface area contributed by atoms with Gasteiger partial charge in [0.2, 0.25) is 5.95 Å². The highest BCUT2D eigenvalue weighted by atomic mass is 32.2. The quantitative estimate of drug-likeness (QED) is 0.710. The number of nitrogens with one attached hydrogen (secondary N) is 1. The maximum absolute atomic E-state index is 10.8. The average Bonchev–Trinajstić information content (AvgIpc) is 2.26. The Hall–Kier alpha value is -1.34. The minimum absolute atomic E-state index is 0.0606. The number of aromatic nitrogens is 2. The van der Waals surface area contributed by atoms with Crippen molar-refractivity contribution in [3.63, 3.8) is 0 Å². The molecule has 0 aliphatic heterocycles. The van der Waals surface area contributed by atoms with Crippen molar-refractivity contribution in [3.05, 3.63) is 17.5 Å². The standard InChI is InChI=1S/C11H17N3O3S/c1-7-4-8(9(15)16)14-10(13-7)12-5-11(2,17)6-18-3/h4,17H,5-6H2,1-3H3,(H,15,16)(H,12,13,14). The van der Waals surface area contributed by atoms with Gasteiger partial charge in [0, 0.05) is 18.0 Å². The van der Waals surface area contributed by atoms with Crippen LogP contribution in [-0.4, -0.2) is 50.3 Å². The predicted octanol–water partition coefficient (Wildman–Crippen LogP) is 1.01. The number of aliphatic hydroxyl groups is 1. The number of carboxylic acids is 1. The predicted molar refractivity (Wildman–Crippen MR) is 71.2 cm³/mol. The second-order valence-corrected chi connectivity index (χ2v) is 5.17. The lowest BCUT2D eigenvalue weighted by atomic mass is 10.1. The molecular weight excluding hydrogens is 254 g/mol. The van der Waals surface area contributed by atoms with Crippen molar-refractivity contribution in [2.75, 3.05) is 23.9 Å². The van der Waals surface area contributed by atoms with Gasteiger partial charge in [-0.25, -0.2) is 14.8 Å². The number of carboxylic acid groups (broad SMARTS) is 1. The fraction of sp³-hybridized carbons (Fsp3) is 0.545. The first-order valence-corrected chi connectivity index (χ1v) is 6.77. The first-order chi connectivity index (χ1) is 8.34. The summed E-state index contributed by atoms with van der Waals surface area (Å²) in [5, 5.41) is 21.7. The van der Waals surface area contributed by atoms with E-state index in [2.05, 4.69) is 15.3 Å². The van der Waals surface area contributed by atoms with E-state index in [9.17, 15) is 9.90 Å². The van der Waals surface area contributed by atoms with Crippen molar-refractivity contribution in [3.8, 4) is 0 Å². The van der Waals surface area contributed by atoms with Crippen LogP contribution < -0.4 is 5.32 Å². The average molecular weight is 271 g/mol. The molecule has 0 amide bonds. The van der Waals surface area contributed by atoms with Crippen molar-refractivity contribution in [1.82, 2.24) is 9.97 Å². The maximum atomic E-state index is 10.8. The van der Waals surface area contributed by atoms with Gasteiger partial charge in [-0.05, 0) is 26.2 Å². The summed E-state index contributed by atoms with van der Waals surface area (Å²) in [5.41, 5.74) is -0.389. The molecule has 1 aromatic heterocycles. The second-order valence-electron chi connectivity index (χ2n) is 4.31. The molecule has 0 radical (unpaired) electrons. The summed E-state index contributed by atoms with van der Waals surface area (Å²) in [4.78, 5) is 18.8. The smallest absolute Gasteiger partial charge is 0.354 e. The van der Waals surface area contributed by atoms with Crippen LogP contribution >= 0.6 is 11.8 Å². The third-order valence-corrected chi connectivity index (χ3v) is 3.07. The van der Waals surface area contributed by atoms with Gasteiger partial charge in [-0.3, -0.25) is 0 Å². The van der Waals surface area contributed by atoms with E-state index in [1.807, 2.05) is 6.26 Å². The molecular formula is C11H17N3O3S. The number of rotatable bonds is 6. The summed E-state index contributed by atoms with van der Waals surface area (Å²) >= 11 is 1.53. The minimum atomic E-state index is -1.10. The highest BCUT2D eigenvalue weighted by molar-refractivity contribution is 7.98. The Bertz CT molecular complexity index is 438. The summed E-state index contributed by atoms with van der Waals surface area (Å²) < 4.78 is 0. The molecule has 1 aromatic rings. The van der Waals surface area contributed by atoms with Crippen LogP contribution in [0, 0.1) is 6.92 Å². The zero-order chi connectivity index (χ0) is 13.8. The number of nitrogens with zero attached hydrogens (tertiary/aromatic N) is 2. The van der Waals surface area contributed by atoms with Gasteiger partial charge in [0.25, 0.3) is 0 Å². The van der Waals surface area contributed by atoms with Crippen molar-refractivity contribution in [1.29, 1.82) is 0 Å². The number of aryl methyl sites for hydroxylation is 1. The number of carbonyl (C=O) groups is 1. The van der Waals surface area contributed by atoms with E-state index in [1.54, 1.807) is 13.8 Å². The topological polar surface area (TPSA) is 95.3 Å². The Kier molecular flexibility index (Phi) is 4.92. The zero-order valence-corrected chi connectivity index (χ0v) is 11.4. The lowest BCUT2D eigenvalue weighted by Gasteiger charge is -2.22. The zero-order valence-electron chi connectivity index (χ0n) is 10.6. The van der Waals surface area contributed by atoms with Crippen LogP contribution in [0.4, 0.5) is 5.95 Å². The van der Waals surface area contributed by atoms with Crippen LogP contribution in [0.5, 0.6) is 0 Å². The molecule has 6 nitrogen and oxygen atoms in total. The number of thioether (sulfide) groups is 1. The molecule has 7 heteroatoms. The molecule has 0 saturated carbocycles. The summed E-state index contributed by atoms with van der Waals surface area (Å²) in [6.07, 6.45) is 1.90. The molecule has 1 atom stereocenters. The van der Waals surface area contributed by atoms with Gasteiger partial charge in [-0.2, -0.15) is 11.8 Å². The molecule has 0 aromatic carbocycles. The van der Waals surface area contributed by atoms with Crippen LogP contribution in [0.2, 0.25) is 0 Å². The van der Waals surface area contributed by atoms with E-state index < -0.39 is 11.6 Å². The number of anilines is 1. The molecule has 18 heavy (non-hydrogen) atoms. The minimum Gasteiger partial charge on any atom is -0.477 e. The summed E-state index contributed by atoms with van der Waals surface area (Å²) in [6.45, 7) is 3.65. The largest absolute Gasteiger partial charge is 0.477 e. The molecule has 0 saturated heterocycles. The van der Waals surface area contributed by atoms with Gasteiger partial charge in [0.15, 0.2) is 5.69 Å². The van der Waals surface area contributed by atoms with Gasteiger partial charge < -0.3 is 15.5 Å². The molecule has 0 fully saturated rings. The molecule has 1 unspecified atom stereocenters. The summed E-state index contributed by atoms with van der Waals surface area (Å²) in [6, 6.07) is 1.40. The normalized spacial score (nSPS) is 14.0. The fourth-order valence-corrected chi connectivity index (χ4v) is 2.11. The Labute approximate surface area is 110 Å².